The van der Waals surface area contributed by atoms with Crippen LogP contribution in [0.25, 0.3) is 0 Å². The molecule has 18 heavy (non-hydrogen) atoms. The van der Waals surface area contributed by atoms with E-state index in [1.54, 1.807) is 0 Å². The Hall–Kier alpha value is -1.03. The molecule has 1 heterocycles. The SMILES string of the molecule is NC(=O)c1nc(Br)n([C@@H]2C[C@H](CO)C(O)C2O)n1. The molecule has 1 aliphatic rings. The molecule has 1 amide bonds. The van der Waals surface area contributed by atoms with Gasteiger partial charge in [-0.15, -0.1) is 5.10 Å². The molecular formula is C9H13BrN4O4. The zero-order valence-corrected chi connectivity index (χ0v) is 10.9. The van der Waals surface area contributed by atoms with E-state index in [0.717, 1.165) is 0 Å². The van der Waals surface area contributed by atoms with E-state index in [0.29, 0.717) is 6.42 Å². The number of aliphatic hydroxyl groups is 3. The Morgan fingerprint density at radius 2 is 2.17 bits per heavy atom. The molecule has 0 radical (unpaired) electrons. The number of aromatic nitrogens is 3. The van der Waals surface area contributed by atoms with Gasteiger partial charge in [-0.05, 0) is 22.4 Å². The second kappa shape index (κ2) is 4.92. The normalized spacial score (nSPS) is 31.8. The first kappa shape index (κ1) is 13.4. The maximum atomic E-state index is 11.0. The van der Waals surface area contributed by atoms with E-state index < -0.39 is 30.1 Å². The van der Waals surface area contributed by atoms with Gasteiger partial charge in [0.05, 0.1) is 12.1 Å². The van der Waals surface area contributed by atoms with Gasteiger partial charge in [-0.3, -0.25) is 4.79 Å². The smallest absolute Gasteiger partial charge is 0.288 e. The second-order valence-corrected chi connectivity index (χ2v) is 4.95. The van der Waals surface area contributed by atoms with Gasteiger partial charge in [-0.2, -0.15) is 4.98 Å². The average molecular weight is 321 g/mol. The molecule has 1 aliphatic carbocycles. The van der Waals surface area contributed by atoms with Crippen molar-refractivity contribution < 1.29 is 20.1 Å². The molecule has 100 valence electrons. The zero-order chi connectivity index (χ0) is 13.4. The van der Waals surface area contributed by atoms with Crippen molar-refractivity contribution in [3.8, 4) is 0 Å². The molecule has 5 N–H and O–H groups in total. The van der Waals surface area contributed by atoms with Crippen molar-refractivity contribution in [3.63, 3.8) is 0 Å². The van der Waals surface area contributed by atoms with Crippen LogP contribution >= 0.6 is 15.9 Å². The Morgan fingerprint density at radius 3 is 2.61 bits per heavy atom. The number of hydrogen-bond acceptors (Lipinski definition) is 6. The van der Waals surface area contributed by atoms with E-state index in [1.807, 2.05) is 0 Å². The van der Waals surface area contributed by atoms with E-state index in [9.17, 15) is 15.0 Å². The van der Waals surface area contributed by atoms with Crippen molar-refractivity contribution in [2.45, 2.75) is 24.7 Å². The molecule has 0 aliphatic heterocycles. The fourth-order valence-electron chi connectivity index (χ4n) is 2.14. The van der Waals surface area contributed by atoms with Crippen molar-refractivity contribution in [1.29, 1.82) is 0 Å². The molecule has 0 aromatic carbocycles. The molecule has 2 rings (SSSR count). The van der Waals surface area contributed by atoms with Crippen LogP contribution in [-0.2, 0) is 0 Å². The van der Waals surface area contributed by atoms with Crippen molar-refractivity contribution in [2.75, 3.05) is 6.61 Å². The highest BCUT2D eigenvalue weighted by atomic mass is 79.9. The third-order valence-electron chi connectivity index (χ3n) is 3.13. The lowest BCUT2D eigenvalue weighted by atomic mass is 10.1. The summed E-state index contributed by atoms with van der Waals surface area (Å²) in [5.41, 5.74) is 5.06. The third-order valence-corrected chi connectivity index (χ3v) is 3.67. The summed E-state index contributed by atoms with van der Waals surface area (Å²) in [6.07, 6.45) is -1.78. The Labute approximate surface area is 111 Å². The van der Waals surface area contributed by atoms with E-state index in [1.165, 1.54) is 4.68 Å². The van der Waals surface area contributed by atoms with Gasteiger partial charge in [-0.25, -0.2) is 4.68 Å². The molecule has 0 spiro atoms. The van der Waals surface area contributed by atoms with E-state index in [2.05, 4.69) is 26.0 Å². The van der Waals surface area contributed by atoms with Crippen LogP contribution in [0.1, 0.15) is 23.1 Å². The molecule has 1 fully saturated rings. The summed E-state index contributed by atoms with van der Waals surface area (Å²) in [6, 6.07) is -0.563. The highest BCUT2D eigenvalue weighted by Gasteiger charge is 2.43. The van der Waals surface area contributed by atoms with Gasteiger partial charge in [0, 0.05) is 12.5 Å². The molecule has 1 aromatic heterocycles. The maximum Gasteiger partial charge on any atom is 0.288 e. The number of carbonyl (C=O) groups excluding carboxylic acids is 1. The molecule has 0 bridgehead atoms. The van der Waals surface area contributed by atoms with Crippen molar-refractivity contribution in [2.24, 2.45) is 11.7 Å². The molecule has 0 saturated heterocycles. The largest absolute Gasteiger partial charge is 0.396 e. The molecular weight excluding hydrogens is 308 g/mol. The number of halogens is 1. The van der Waals surface area contributed by atoms with Crippen molar-refractivity contribution in [3.05, 3.63) is 10.6 Å². The zero-order valence-electron chi connectivity index (χ0n) is 9.27. The quantitative estimate of drug-likeness (QED) is 0.530. The van der Waals surface area contributed by atoms with Gasteiger partial charge >= 0.3 is 0 Å². The monoisotopic (exact) mass is 320 g/mol. The molecule has 1 aromatic rings. The lowest BCUT2D eigenvalue weighted by molar-refractivity contribution is -0.00568. The standard InChI is InChI=1S/C9H13BrN4O4/c10-9-12-8(7(11)18)13-14(9)4-1-3(2-15)5(16)6(4)17/h3-6,15-17H,1-2H2,(H2,11,18)/t3-,4-,5?,6?/m1/s1. The molecule has 4 atom stereocenters. The number of rotatable bonds is 3. The van der Waals surface area contributed by atoms with Crippen LogP contribution in [-0.4, -0.2) is 54.8 Å². The molecule has 1 saturated carbocycles. The summed E-state index contributed by atoms with van der Waals surface area (Å²) >= 11 is 3.11. The molecule has 9 heteroatoms. The van der Waals surface area contributed by atoms with Crippen LogP contribution in [0.15, 0.2) is 4.73 Å². The maximum absolute atomic E-state index is 11.0. The number of aliphatic hydroxyl groups excluding tert-OH is 3. The average Bonchev–Trinajstić information content (AvgIpc) is 2.83. The van der Waals surface area contributed by atoms with Crippen LogP contribution in [0.2, 0.25) is 0 Å². The minimum atomic E-state index is -1.08. The van der Waals surface area contributed by atoms with Gasteiger partial charge < -0.3 is 21.1 Å². The number of nitrogens with zero attached hydrogens (tertiary/aromatic N) is 3. The summed E-state index contributed by atoms with van der Waals surface area (Å²) in [7, 11) is 0. The predicted molar refractivity (Wildman–Crippen MR) is 62.5 cm³/mol. The van der Waals surface area contributed by atoms with Crippen LogP contribution in [0.4, 0.5) is 0 Å². The number of nitrogens with two attached hydrogens (primary N) is 1. The fraction of sp³-hybridized carbons (Fsp3) is 0.667. The first-order valence-electron chi connectivity index (χ1n) is 5.34. The lowest BCUT2D eigenvalue weighted by Gasteiger charge is -2.17. The lowest BCUT2D eigenvalue weighted by Crippen LogP contribution is -2.31. The van der Waals surface area contributed by atoms with E-state index >= 15 is 0 Å². The van der Waals surface area contributed by atoms with Gasteiger partial charge in [0.15, 0.2) is 4.73 Å². The number of amides is 1. The third kappa shape index (κ3) is 2.14. The second-order valence-electron chi connectivity index (χ2n) is 4.24. The fourth-order valence-corrected chi connectivity index (χ4v) is 2.65. The Bertz CT molecular complexity index is 465. The van der Waals surface area contributed by atoms with Crippen LogP contribution in [0, 0.1) is 5.92 Å². The summed E-state index contributed by atoms with van der Waals surface area (Å²) < 4.78 is 1.54. The summed E-state index contributed by atoms with van der Waals surface area (Å²) in [5.74, 6) is -1.38. The van der Waals surface area contributed by atoms with E-state index in [4.69, 9.17) is 10.8 Å². The first-order valence-corrected chi connectivity index (χ1v) is 6.13. The van der Waals surface area contributed by atoms with Crippen molar-refractivity contribution in [1.82, 2.24) is 14.8 Å². The van der Waals surface area contributed by atoms with Crippen LogP contribution < -0.4 is 5.73 Å². The summed E-state index contributed by atoms with van der Waals surface area (Å²) in [4.78, 5) is 14.8. The summed E-state index contributed by atoms with van der Waals surface area (Å²) in [6.45, 7) is -0.232. The summed E-state index contributed by atoms with van der Waals surface area (Å²) in [5, 5.41) is 32.6. The Kier molecular flexibility index (Phi) is 3.66. The highest BCUT2D eigenvalue weighted by Crippen LogP contribution is 2.36. The topological polar surface area (TPSA) is 134 Å². The minimum Gasteiger partial charge on any atom is -0.396 e. The number of carbonyl (C=O) groups is 1. The van der Waals surface area contributed by atoms with E-state index in [-0.39, 0.29) is 17.2 Å². The minimum absolute atomic E-state index is 0.170. The van der Waals surface area contributed by atoms with Gasteiger partial charge in [0.2, 0.25) is 5.82 Å². The van der Waals surface area contributed by atoms with Crippen molar-refractivity contribution >= 4 is 21.8 Å². The number of hydrogen-bond donors (Lipinski definition) is 4. The molecule has 2 unspecified atom stereocenters. The van der Waals surface area contributed by atoms with Gasteiger partial charge in [-0.1, -0.05) is 0 Å². The number of primary amides is 1. The Balaban J connectivity index is 2.29. The Morgan fingerprint density at radius 1 is 1.50 bits per heavy atom. The highest BCUT2D eigenvalue weighted by molar-refractivity contribution is 9.10. The van der Waals surface area contributed by atoms with Crippen LogP contribution in [0.3, 0.4) is 0 Å². The molecule has 8 nitrogen and oxygen atoms in total. The van der Waals surface area contributed by atoms with Gasteiger partial charge in [0.25, 0.3) is 5.91 Å². The first-order chi connectivity index (χ1) is 8.45. The van der Waals surface area contributed by atoms with Gasteiger partial charge in [0.1, 0.15) is 6.10 Å². The predicted octanol–water partition coefficient (Wildman–Crippen LogP) is -1.59. The van der Waals surface area contributed by atoms with Crippen LogP contribution in [0.5, 0.6) is 0 Å².